The Morgan fingerprint density at radius 1 is 0.652 bits per heavy atom. The Balaban J connectivity index is 4.59. The number of carboxylic acid groups (broad SMARTS) is 1. The van der Waals surface area contributed by atoms with Gasteiger partial charge in [-0.1, -0.05) is 102 Å². The van der Waals surface area contributed by atoms with Crippen molar-refractivity contribution in [3.63, 3.8) is 0 Å². The van der Waals surface area contributed by atoms with E-state index in [1.54, 1.807) is 21.1 Å². The molecule has 0 aliphatic rings. The maximum atomic E-state index is 12.6. The number of nitrogens with zero attached hydrogens (tertiary/aromatic N) is 1. The molecule has 0 aliphatic carbocycles. The Kier molecular flexibility index (Phi) is 28.3. The van der Waals surface area contributed by atoms with Crippen LogP contribution in [0.1, 0.15) is 136 Å². The van der Waals surface area contributed by atoms with Crippen LogP contribution in [0, 0.1) is 0 Å². The number of unbranched alkanes of at least 4 members (excludes halogenated alkanes) is 11. The maximum absolute atomic E-state index is 12.6. The predicted molar refractivity (Wildman–Crippen MR) is 185 cm³/mol. The zero-order valence-electron chi connectivity index (χ0n) is 30.0. The average Bonchev–Trinajstić information content (AvgIpc) is 3.00. The Hall–Kier alpha value is -2.45. The third-order valence-electron chi connectivity index (χ3n) is 7.76. The summed E-state index contributed by atoms with van der Waals surface area (Å²) in [6, 6.07) is -0.735. The highest BCUT2D eigenvalue weighted by Crippen LogP contribution is 2.10. The molecule has 46 heavy (non-hydrogen) atoms. The average molecular weight is 650 g/mol. The van der Waals surface area contributed by atoms with Gasteiger partial charge in [0.2, 0.25) is 0 Å². The van der Waals surface area contributed by atoms with Crippen LogP contribution < -0.4 is 5.11 Å². The Bertz CT molecular complexity index is 860. The van der Waals surface area contributed by atoms with Crippen LogP contribution in [0.4, 0.5) is 0 Å². The highest BCUT2D eigenvalue weighted by atomic mass is 16.6. The van der Waals surface area contributed by atoms with E-state index < -0.39 is 24.1 Å². The van der Waals surface area contributed by atoms with Gasteiger partial charge >= 0.3 is 11.9 Å². The summed E-state index contributed by atoms with van der Waals surface area (Å²) in [5.41, 5.74) is 0. The molecule has 0 rings (SSSR count). The molecule has 2 atom stereocenters. The lowest BCUT2D eigenvalue weighted by molar-refractivity contribution is -0.889. The summed E-state index contributed by atoms with van der Waals surface area (Å²) in [4.78, 5) is 36.4. The molecule has 0 heterocycles. The molecule has 0 aliphatic heterocycles. The highest BCUT2D eigenvalue weighted by molar-refractivity contribution is 5.70. The highest BCUT2D eigenvalue weighted by Gasteiger charge is 2.25. The number of hydrogen-bond donors (Lipinski definition) is 0. The maximum Gasteiger partial charge on any atom is 0.306 e. The number of carbonyl (C=O) groups excluding carboxylic acids is 3. The first-order valence-electron chi connectivity index (χ1n) is 18.0. The number of hydrogen-bond acceptors (Lipinski definition) is 7. The van der Waals surface area contributed by atoms with Gasteiger partial charge < -0.3 is 28.6 Å². The number of quaternary nitrogens is 1. The fraction of sp³-hybridized carbons (Fsp3) is 0.763. The minimum Gasteiger partial charge on any atom is -0.544 e. The standard InChI is InChI=1S/C38H67NO7/c1-6-8-10-12-14-16-17-18-19-21-23-25-27-29-37(41)46-34(32-44-31-30-35(38(42)43)39(3,4)5)33-45-36(40)28-26-24-22-20-15-13-11-9-7-2/h18-20,22-23,25,34-35H,6-17,21,24,26-33H2,1-5H3/b19-18+,22-20+,25-23+. The third kappa shape index (κ3) is 27.8. The molecule has 8 nitrogen and oxygen atoms in total. The van der Waals surface area contributed by atoms with Gasteiger partial charge in [-0.2, -0.15) is 0 Å². The van der Waals surface area contributed by atoms with E-state index in [9.17, 15) is 19.5 Å². The quantitative estimate of drug-likeness (QED) is 0.0334. The minimum atomic E-state index is -1.14. The van der Waals surface area contributed by atoms with Crippen molar-refractivity contribution in [2.75, 3.05) is 41.0 Å². The van der Waals surface area contributed by atoms with Crippen molar-refractivity contribution >= 4 is 17.9 Å². The topological polar surface area (TPSA) is 102 Å². The summed E-state index contributed by atoms with van der Waals surface area (Å²) in [6.45, 7) is 4.49. The van der Waals surface area contributed by atoms with E-state index in [4.69, 9.17) is 14.2 Å². The van der Waals surface area contributed by atoms with Crippen molar-refractivity contribution < 1.29 is 38.2 Å². The number of esters is 2. The Morgan fingerprint density at radius 3 is 1.80 bits per heavy atom. The largest absolute Gasteiger partial charge is 0.544 e. The van der Waals surface area contributed by atoms with E-state index in [-0.39, 0.29) is 49.5 Å². The summed E-state index contributed by atoms with van der Waals surface area (Å²) < 4.78 is 16.9. The van der Waals surface area contributed by atoms with E-state index >= 15 is 0 Å². The van der Waals surface area contributed by atoms with Gasteiger partial charge in [-0.3, -0.25) is 9.59 Å². The third-order valence-corrected chi connectivity index (χ3v) is 7.76. The molecule has 0 amide bonds. The molecule has 8 heteroatoms. The predicted octanol–water partition coefficient (Wildman–Crippen LogP) is 7.40. The normalized spacial score (nSPS) is 13.5. The molecule has 0 bridgehead atoms. The molecule has 0 fully saturated rings. The number of aliphatic carboxylic acids is 1. The van der Waals surface area contributed by atoms with Crippen LogP contribution >= 0.6 is 0 Å². The van der Waals surface area contributed by atoms with Gasteiger partial charge in [0.25, 0.3) is 0 Å². The van der Waals surface area contributed by atoms with Gasteiger partial charge in [-0.05, 0) is 51.4 Å². The van der Waals surface area contributed by atoms with Crippen molar-refractivity contribution in [3.8, 4) is 0 Å². The SMILES string of the molecule is CCCCCC/C=C/CCCC(=O)OCC(COCCC(C(=O)[O-])[N+](C)(C)C)OC(=O)CC/C=C/C/C=C/CCCCCCCC. The molecular weight excluding hydrogens is 582 g/mol. The molecular formula is C38H67NO7. The van der Waals surface area contributed by atoms with Crippen molar-refractivity contribution in [1.29, 1.82) is 0 Å². The lowest BCUT2D eigenvalue weighted by Gasteiger charge is -2.34. The first-order valence-corrected chi connectivity index (χ1v) is 18.0. The minimum absolute atomic E-state index is 0.00986. The van der Waals surface area contributed by atoms with Crippen LogP contribution in [0.25, 0.3) is 0 Å². The first-order chi connectivity index (χ1) is 22.1. The Morgan fingerprint density at radius 2 is 1.20 bits per heavy atom. The second kappa shape index (κ2) is 29.9. The summed E-state index contributed by atoms with van der Waals surface area (Å²) in [5.74, 6) is -1.87. The summed E-state index contributed by atoms with van der Waals surface area (Å²) in [5, 5.41) is 11.5. The van der Waals surface area contributed by atoms with E-state index in [1.807, 2.05) is 6.08 Å². The molecule has 0 N–H and O–H groups in total. The lowest BCUT2D eigenvalue weighted by atomic mass is 10.1. The van der Waals surface area contributed by atoms with Crippen LogP contribution in [0.2, 0.25) is 0 Å². The van der Waals surface area contributed by atoms with Crippen LogP contribution in [-0.4, -0.2) is 75.5 Å². The molecule has 0 spiro atoms. The number of likely N-dealkylation sites (N-methyl/N-ethyl adjacent to an activating group) is 1. The number of rotatable bonds is 31. The second-order valence-corrected chi connectivity index (χ2v) is 13.1. The van der Waals surface area contributed by atoms with Crippen molar-refractivity contribution in [1.82, 2.24) is 0 Å². The number of allylic oxidation sites excluding steroid dienone is 6. The number of ether oxygens (including phenoxy) is 3. The summed E-state index contributed by atoms with van der Waals surface area (Å²) in [7, 11) is 5.36. The van der Waals surface area contributed by atoms with E-state index in [0.717, 1.165) is 25.7 Å². The van der Waals surface area contributed by atoms with Crippen LogP contribution in [0.5, 0.6) is 0 Å². The molecule has 0 aromatic heterocycles. The van der Waals surface area contributed by atoms with Crippen LogP contribution in [0.15, 0.2) is 36.5 Å². The van der Waals surface area contributed by atoms with Crippen LogP contribution in [-0.2, 0) is 28.6 Å². The van der Waals surface area contributed by atoms with E-state index in [2.05, 4.69) is 44.2 Å². The monoisotopic (exact) mass is 649 g/mol. The fourth-order valence-electron chi connectivity index (χ4n) is 4.89. The first kappa shape index (κ1) is 43.5. The molecule has 266 valence electrons. The molecule has 0 aromatic rings. The van der Waals surface area contributed by atoms with E-state index in [1.165, 1.54) is 64.2 Å². The molecule has 0 saturated heterocycles. The lowest BCUT2D eigenvalue weighted by Crippen LogP contribution is -2.55. The van der Waals surface area contributed by atoms with Crippen LogP contribution in [0.3, 0.4) is 0 Å². The summed E-state index contributed by atoms with van der Waals surface area (Å²) >= 11 is 0. The molecule has 0 saturated carbocycles. The fourth-order valence-corrected chi connectivity index (χ4v) is 4.89. The summed E-state index contributed by atoms with van der Waals surface area (Å²) in [6.07, 6.45) is 30.5. The molecule has 2 unspecified atom stereocenters. The zero-order chi connectivity index (χ0) is 34.3. The van der Waals surface area contributed by atoms with Crippen molar-refractivity contribution in [2.24, 2.45) is 0 Å². The smallest absolute Gasteiger partial charge is 0.306 e. The van der Waals surface area contributed by atoms with Crippen molar-refractivity contribution in [2.45, 2.75) is 148 Å². The zero-order valence-corrected chi connectivity index (χ0v) is 30.0. The molecule has 0 radical (unpaired) electrons. The van der Waals surface area contributed by atoms with Crippen molar-refractivity contribution in [3.05, 3.63) is 36.5 Å². The van der Waals surface area contributed by atoms with Gasteiger partial charge in [-0.15, -0.1) is 0 Å². The van der Waals surface area contributed by atoms with Gasteiger partial charge in [-0.25, -0.2) is 0 Å². The van der Waals surface area contributed by atoms with Gasteiger partial charge in [0, 0.05) is 19.3 Å². The number of carboxylic acids is 1. The second-order valence-electron chi connectivity index (χ2n) is 13.1. The molecule has 0 aromatic carbocycles. The number of carbonyl (C=O) groups is 3. The Labute approximate surface area is 281 Å². The van der Waals surface area contributed by atoms with E-state index in [0.29, 0.717) is 12.8 Å². The van der Waals surface area contributed by atoms with Gasteiger partial charge in [0.05, 0.1) is 40.3 Å². The van der Waals surface area contributed by atoms with Gasteiger partial charge in [0.1, 0.15) is 12.6 Å². The van der Waals surface area contributed by atoms with Gasteiger partial charge in [0.15, 0.2) is 6.10 Å².